The van der Waals surface area contributed by atoms with Crippen molar-refractivity contribution < 1.29 is 14.3 Å². The molecule has 84 valence electrons. The van der Waals surface area contributed by atoms with E-state index in [0.717, 1.165) is 10.9 Å². The molecule has 0 radical (unpaired) electrons. The minimum absolute atomic E-state index is 0.547. The first kappa shape index (κ1) is 10.5. The third-order valence-corrected chi connectivity index (χ3v) is 2.33. The van der Waals surface area contributed by atoms with Crippen LogP contribution in [0.1, 0.15) is 0 Å². The van der Waals surface area contributed by atoms with Crippen molar-refractivity contribution in [3.8, 4) is 17.2 Å². The summed E-state index contributed by atoms with van der Waals surface area (Å²) >= 11 is 0. The van der Waals surface area contributed by atoms with Crippen molar-refractivity contribution in [2.75, 3.05) is 14.2 Å². The maximum absolute atomic E-state index is 5.19. The maximum Gasteiger partial charge on any atom is 0.162 e. The van der Waals surface area contributed by atoms with E-state index < -0.39 is 0 Å². The molecule has 0 saturated heterocycles. The van der Waals surface area contributed by atoms with Crippen LogP contribution in [-0.2, 0) is 0 Å². The fraction of sp³-hybridized carbons (Fsp3) is 0.182. The van der Waals surface area contributed by atoms with Gasteiger partial charge in [0, 0.05) is 23.7 Å². The Bertz CT molecular complexity index is 514. The lowest BCUT2D eigenvalue weighted by Crippen LogP contribution is -2.02. The van der Waals surface area contributed by atoms with Crippen molar-refractivity contribution in [1.29, 1.82) is 0 Å². The van der Waals surface area contributed by atoms with Crippen LogP contribution in [0.25, 0.3) is 10.9 Å². The van der Waals surface area contributed by atoms with Crippen LogP contribution in [0.15, 0.2) is 24.4 Å². The van der Waals surface area contributed by atoms with Gasteiger partial charge in [-0.15, -0.1) is 0 Å². The van der Waals surface area contributed by atoms with Crippen molar-refractivity contribution >= 4 is 10.9 Å². The van der Waals surface area contributed by atoms with Gasteiger partial charge in [0.05, 0.1) is 19.7 Å². The first-order valence-electron chi connectivity index (χ1n) is 4.67. The highest BCUT2D eigenvalue weighted by Crippen LogP contribution is 2.34. The summed E-state index contributed by atoms with van der Waals surface area (Å²) in [5.41, 5.74) is 0.737. The van der Waals surface area contributed by atoms with Crippen LogP contribution in [0.2, 0.25) is 0 Å². The van der Waals surface area contributed by atoms with Crippen LogP contribution < -0.4 is 20.2 Å². The summed E-state index contributed by atoms with van der Waals surface area (Å²) in [6, 6.07) is 5.24. The molecule has 0 amide bonds. The molecule has 5 heteroatoms. The average molecular weight is 220 g/mol. The smallest absolute Gasteiger partial charge is 0.162 e. The van der Waals surface area contributed by atoms with Gasteiger partial charge in [-0.25, -0.2) is 0 Å². The standard InChI is InChI=1S/C11H12N2O3/c1-14-10-5-7-8(6-11(10)15-2)13-4-3-9(7)16-12/h3-6H,12H2,1-2H3. The number of nitrogens with two attached hydrogens (primary N) is 1. The average Bonchev–Trinajstić information content (AvgIpc) is 2.36. The fourth-order valence-corrected chi connectivity index (χ4v) is 1.55. The summed E-state index contributed by atoms with van der Waals surface area (Å²) in [6.07, 6.45) is 1.62. The van der Waals surface area contributed by atoms with Crippen molar-refractivity contribution in [3.05, 3.63) is 24.4 Å². The summed E-state index contributed by atoms with van der Waals surface area (Å²) in [5.74, 6) is 6.96. The minimum atomic E-state index is 0.547. The summed E-state index contributed by atoms with van der Waals surface area (Å²) < 4.78 is 10.4. The van der Waals surface area contributed by atoms with Gasteiger partial charge in [0.25, 0.3) is 0 Å². The Kier molecular flexibility index (Phi) is 2.78. The zero-order valence-electron chi connectivity index (χ0n) is 9.06. The second kappa shape index (κ2) is 4.24. The summed E-state index contributed by atoms with van der Waals surface area (Å²) in [5, 5.41) is 0.780. The molecule has 1 aromatic heterocycles. The fourth-order valence-electron chi connectivity index (χ4n) is 1.55. The summed E-state index contributed by atoms with van der Waals surface area (Å²) in [7, 11) is 3.15. The molecule has 1 aromatic carbocycles. The topological polar surface area (TPSA) is 66.6 Å². The first-order chi connectivity index (χ1) is 7.80. The molecule has 16 heavy (non-hydrogen) atoms. The van der Waals surface area contributed by atoms with Crippen LogP contribution in [0.4, 0.5) is 0 Å². The van der Waals surface area contributed by atoms with Gasteiger partial charge in [0.15, 0.2) is 17.2 Å². The van der Waals surface area contributed by atoms with Crippen LogP contribution in [0.3, 0.4) is 0 Å². The molecule has 2 aromatic rings. The lowest BCUT2D eigenvalue weighted by atomic mass is 10.2. The molecule has 2 N–H and O–H groups in total. The number of hydrogen-bond acceptors (Lipinski definition) is 5. The Morgan fingerprint density at radius 3 is 2.38 bits per heavy atom. The predicted octanol–water partition coefficient (Wildman–Crippen LogP) is 1.50. The molecule has 0 unspecified atom stereocenters. The van der Waals surface area contributed by atoms with Crippen LogP contribution >= 0.6 is 0 Å². The number of pyridine rings is 1. The Balaban J connectivity index is 2.72. The molecule has 0 fully saturated rings. The minimum Gasteiger partial charge on any atom is -0.493 e. The molecular weight excluding hydrogens is 208 g/mol. The van der Waals surface area contributed by atoms with Gasteiger partial charge in [0.1, 0.15) is 0 Å². The van der Waals surface area contributed by atoms with E-state index in [1.165, 1.54) is 0 Å². The third kappa shape index (κ3) is 1.61. The van der Waals surface area contributed by atoms with Gasteiger partial charge in [-0.3, -0.25) is 4.98 Å². The van der Waals surface area contributed by atoms with Gasteiger partial charge >= 0.3 is 0 Å². The van der Waals surface area contributed by atoms with E-state index in [2.05, 4.69) is 4.98 Å². The molecule has 0 saturated carbocycles. The van der Waals surface area contributed by atoms with Gasteiger partial charge in [-0.05, 0) is 6.07 Å². The molecule has 0 aliphatic rings. The number of benzene rings is 1. The zero-order chi connectivity index (χ0) is 11.5. The van der Waals surface area contributed by atoms with Crippen molar-refractivity contribution in [2.45, 2.75) is 0 Å². The SMILES string of the molecule is COc1cc2nccc(ON)c2cc1OC. The Morgan fingerprint density at radius 2 is 1.75 bits per heavy atom. The van der Waals surface area contributed by atoms with E-state index >= 15 is 0 Å². The molecule has 0 atom stereocenters. The Morgan fingerprint density at radius 1 is 1.06 bits per heavy atom. The van der Waals surface area contributed by atoms with E-state index in [9.17, 15) is 0 Å². The van der Waals surface area contributed by atoms with Gasteiger partial charge in [-0.1, -0.05) is 0 Å². The molecular formula is C11H12N2O3. The molecule has 0 aliphatic carbocycles. The number of aromatic nitrogens is 1. The van der Waals surface area contributed by atoms with Crippen molar-refractivity contribution in [2.24, 2.45) is 5.90 Å². The van der Waals surface area contributed by atoms with E-state index in [-0.39, 0.29) is 0 Å². The summed E-state index contributed by atoms with van der Waals surface area (Å²) in [4.78, 5) is 8.97. The molecule has 0 spiro atoms. The highest BCUT2D eigenvalue weighted by molar-refractivity contribution is 5.88. The number of rotatable bonds is 3. The Hall–Kier alpha value is -2.01. The van der Waals surface area contributed by atoms with E-state index in [1.54, 1.807) is 38.6 Å². The number of methoxy groups -OCH3 is 2. The van der Waals surface area contributed by atoms with Crippen molar-refractivity contribution in [3.63, 3.8) is 0 Å². The quantitative estimate of drug-likeness (QED) is 0.794. The lowest BCUT2D eigenvalue weighted by Gasteiger charge is -2.10. The lowest BCUT2D eigenvalue weighted by molar-refractivity contribution is 0.337. The number of hydrogen-bond donors (Lipinski definition) is 1. The maximum atomic E-state index is 5.19. The van der Waals surface area contributed by atoms with Gasteiger partial charge in [0.2, 0.25) is 0 Å². The first-order valence-corrected chi connectivity index (χ1v) is 4.67. The normalized spacial score (nSPS) is 10.2. The monoisotopic (exact) mass is 220 g/mol. The molecule has 0 aliphatic heterocycles. The third-order valence-electron chi connectivity index (χ3n) is 2.33. The van der Waals surface area contributed by atoms with Crippen LogP contribution in [0, 0.1) is 0 Å². The zero-order valence-corrected chi connectivity index (χ0v) is 9.06. The van der Waals surface area contributed by atoms with Gasteiger partial charge in [-0.2, -0.15) is 5.90 Å². The highest BCUT2D eigenvalue weighted by atomic mass is 16.6. The number of fused-ring (bicyclic) bond motifs is 1. The number of nitrogens with zero attached hydrogens (tertiary/aromatic N) is 1. The van der Waals surface area contributed by atoms with E-state index in [4.69, 9.17) is 20.2 Å². The van der Waals surface area contributed by atoms with Gasteiger partial charge < -0.3 is 14.3 Å². The van der Waals surface area contributed by atoms with Crippen molar-refractivity contribution in [1.82, 2.24) is 4.98 Å². The molecule has 5 nitrogen and oxygen atoms in total. The highest BCUT2D eigenvalue weighted by Gasteiger charge is 2.09. The molecule has 1 heterocycles. The number of ether oxygens (including phenoxy) is 2. The second-order valence-electron chi connectivity index (χ2n) is 3.15. The Labute approximate surface area is 92.7 Å². The predicted molar refractivity (Wildman–Crippen MR) is 59.7 cm³/mol. The van der Waals surface area contributed by atoms with E-state index in [0.29, 0.717) is 17.2 Å². The largest absolute Gasteiger partial charge is 0.493 e. The molecule has 2 rings (SSSR count). The van der Waals surface area contributed by atoms with E-state index in [1.807, 2.05) is 0 Å². The second-order valence-corrected chi connectivity index (χ2v) is 3.15. The van der Waals surface area contributed by atoms with Crippen LogP contribution in [-0.4, -0.2) is 19.2 Å². The summed E-state index contributed by atoms with van der Waals surface area (Å²) in [6.45, 7) is 0. The molecule has 0 bridgehead atoms. The van der Waals surface area contributed by atoms with Crippen LogP contribution in [0.5, 0.6) is 17.2 Å².